The molecule has 0 spiro atoms. The van der Waals surface area contributed by atoms with Crippen molar-refractivity contribution in [2.24, 2.45) is 7.05 Å². The maximum Gasteiger partial charge on any atom is 0.0571 e. The Labute approximate surface area is 103 Å². The van der Waals surface area contributed by atoms with Crippen LogP contribution >= 0.6 is 22.6 Å². The van der Waals surface area contributed by atoms with Crippen molar-refractivity contribution in [3.05, 3.63) is 45.8 Å². The van der Waals surface area contributed by atoms with E-state index in [1.165, 1.54) is 15.0 Å². The molecule has 15 heavy (non-hydrogen) atoms. The average Bonchev–Trinajstić information content (AvgIpc) is 2.63. The maximum atomic E-state index is 4.13. The van der Waals surface area contributed by atoms with E-state index in [0.29, 0.717) is 0 Å². The molecule has 4 heteroatoms. The molecule has 1 N–H and O–H groups in total. The first-order valence-electron chi connectivity index (χ1n) is 4.72. The first-order valence-corrected chi connectivity index (χ1v) is 5.80. The number of para-hydroxylation sites is 1. The zero-order chi connectivity index (χ0) is 10.7. The van der Waals surface area contributed by atoms with Gasteiger partial charge in [-0.25, -0.2) is 0 Å². The number of nitrogens with one attached hydrogen (secondary N) is 1. The standard InChI is InChI=1S/C11H12IN3/c1-15-9(6-7-14-15)8-13-11-5-3-2-4-10(11)12/h2-7,13H,8H2,1H3. The van der Waals surface area contributed by atoms with Crippen molar-refractivity contribution in [3.63, 3.8) is 0 Å². The fraction of sp³-hybridized carbons (Fsp3) is 0.182. The van der Waals surface area contributed by atoms with E-state index in [1.54, 1.807) is 0 Å². The largest absolute Gasteiger partial charge is 0.379 e. The fourth-order valence-corrected chi connectivity index (χ4v) is 1.94. The van der Waals surface area contributed by atoms with Gasteiger partial charge in [-0.15, -0.1) is 0 Å². The number of hydrogen-bond acceptors (Lipinski definition) is 2. The minimum absolute atomic E-state index is 0.802. The molecule has 0 fully saturated rings. The van der Waals surface area contributed by atoms with Crippen molar-refractivity contribution in [2.45, 2.75) is 6.54 Å². The lowest BCUT2D eigenvalue weighted by atomic mass is 10.3. The third kappa shape index (κ3) is 2.50. The summed E-state index contributed by atoms with van der Waals surface area (Å²) in [6, 6.07) is 10.3. The second kappa shape index (κ2) is 4.65. The topological polar surface area (TPSA) is 29.9 Å². The summed E-state index contributed by atoms with van der Waals surface area (Å²) in [5.41, 5.74) is 2.34. The van der Waals surface area contributed by atoms with Gasteiger partial charge in [0.15, 0.2) is 0 Å². The van der Waals surface area contributed by atoms with Crippen molar-refractivity contribution < 1.29 is 0 Å². The summed E-state index contributed by atoms with van der Waals surface area (Å²) in [6.45, 7) is 0.802. The predicted octanol–water partition coefficient (Wildman–Crippen LogP) is 2.64. The van der Waals surface area contributed by atoms with E-state index in [2.05, 4.69) is 45.1 Å². The van der Waals surface area contributed by atoms with Gasteiger partial charge in [0, 0.05) is 22.5 Å². The van der Waals surface area contributed by atoms with Gasteiger partial charge in [-0.3, -0.25) is 4.68 Å². The number of halogens is 1. The molecule has 1 aromatic carbocycles. The molecule has 0 atom stereocenters. The molecule has 2 rings (SSSR count). The van der Waals surface area contributed by atoms with Gasteiger partial charge < -0.3 is 5.32 Å². The molecule has 0 bridgehead atoms. The van der Waals surface area contributed by atoms with Gasteiger partial charge in [-0.2, -0.15) is 5.10 Å². The zero-order valence-electron chi connectivity index (χ0n) is 8.44. The lowest BCUT2D eigenvalue weighted by molar-refractivity contribution is 0.720. The van der Waals surface area contributed by atoms with Crippen LogP contribution in [0.2, 0.25) is 0 Å². The smallest absolute Gasteiger partial charge is 0.0571 e. The molecule has 0 unspecified atom stereocenters. The Kier molecular flexibility index (Phi) is 3.25. The van der Waals surface area contributed by atoms with Gasteiger partial charge in [0.05, 0.1) is 12.2 Å². The predicted molar refractivity (Wildman–Crippen MR) is 69.7 cm³/mol. The van der Waals surface area contributed by atoms with E-state index in [1.807, 2.05) is 36.1 Å². The SMILES string of the molecule is Cn1nccc1CNc1ccccc1I. The highest BCUT2D eigenvalue weighted by Gasteiger charge is 2.00. The monoisotopic (exact) mass is 313 g/mol. The Morgan fingerprint density at radius 2 is 2.13 bits per heavy atom. The zero-order valence-corrected chi connectivity index (χ0v) is 10.6. The van der Waals surface area contributed by atoms with Crippen LogP contribution in [-0.2, 0) is 13.6 Å². The van der Waals surface area contributed by atoms with Gasteiger partial charge in [0.25, 0.3) is 0 Å². The molecule has 0 aliphatic heterocycles. The third-order valence-electron chi connectivity index (χ3n) is 2.26. The molecule has 0 aliphatic carbocycles. The highest BCUT2D eigenvalue weighted by molar-refractivity contribution is 14.1. The second-order valence-corrected chi connectivity index (χ2v) is 4.44. The molecule has 1 heterocycles. The summed E-state index contributed by atoms with van der Waals surface area (Å²) >= 11 is 2.33. The quantitative estimate of drug-likeness (QED) is 0.883. The van der Waals surface area contributed by atoms with E-state index >= 15 is 0 Å². The van der Waals surface area contributed by atoms with Crippen LogP contribution in [0.15, 0.2) is 36.5 Å². The van der Waals surface area contributed by atoms with Crippen LogP contribution in [0.25, 0.3) is 0 Å². The molecule has 1 aromatic heterocycles. The molecule has 0 radical (unpaired) electrons. The molecule has 0 saturated carbocycles. The highest BCUT2D eigenvalue weighted by Crippen LogP contribution is 2.17. The first-order chi connectivity index (χ1) is 7.27. The lowest BCUT2D eigenvalue weighted by Gasteiger charge is -2.08. The minimum Gasteiger partial charge on any atom is -0.379 e. The van der Waals surface area contributed by atoms with E-state index in [4.69, 9.17) is 0 Å². The third-order valence-corrected chi connectivity index (χ3v) is 3.20. The van der Waals surface area contributed by atoms with Crippen LogP contribution in [0, 0.1) is 3.57 Å². The van der Waals surface area contributed by atoms with Crippen LogP contribution in [0.1, 0.15) is 5.69 Å². The minimum atomic E-state index is 0.802. The Hall–Kier alpha value is -1.04. The van der Waals surface area contributed by atoms with E-state index in [0.717, 1.165) is 6.54 Å². The summed E-state index contributed by atoms with van der Waals surface area (Å²) in [6.07, 6.45) is 1.81. The Bertz CT molecular complexity index is 451. The van der Waals surface area contributed by atoms with E-state index in [9.17, 15) is 0 Å². The normalized spacial score (nSPS) is 10.3. The number of aryl methyl sites for hydroxylation is 1. The van der Waals surface area contributed by atoms with E-state index < -0.39 is 0 Å². The molecule has 0 saturated heterocycles. The van der Waals surface area contributed by atoms with Gasteiger partial charge >= 0.3 is 0 Å². The number of rotatable bonds is 3. The van der Waals surface area contributed by atoms with Crippen LogP contribution in [0.4, 0.5) is 5.69 Å². The molecule has 0 amide bonds. The van der Waals surface area contributed by atoms with Crippen LogP contribution in [0.3, 0.4) is 0 Å². The summed E-state index contributed by atoms with van der Waals surface area (Å²) in [4.78, 5) is 0. The molecule has 0 aliphatic rings. The molecular formula is C11H12IN3. The lowest BCUT2D eigenvalue weighted by Crippen LogP contribution is -2.06. The molecule has 2 aromatic rings. The number of hydrogen-bond donors (Lipinski definition) is 1. The number of nitrogens with zero attached hydrogens (tertiary/aromatic N) is 2. The molecule has 78 valence electrons. The summed E-state index contributed by atoms with van der Waals surface area (Å²) < 4.78 is 3.11. The van der Waals surface area contributed by atoms with Gasteiger partial charge in [0.1, 0.15) is 0 Å². The Morgan fingerprint density at radius 1 is 1.33 bits per heavy atom. The summed E-state index contributed by atoms with van der Waals surface area (Å²) in [5.74, 6) is 0. The van der Waals surface area contributed by atoms with Crippen LogP contribution in [0.5, 0.6) is 0 Å². The average molecular weight is 313 g/mol. The van der Waals surface area contributed by atoms with Crippen LogP contribution in [-0.4, -0.2) is 9.78 Å². The highest BCUT2D eigenvalue weighted by atomic mass is 127. The molecule has 3 nitrogen and oxygen atoms in total. The van der Waals surface area contributed by atoms with Crippen molar-refractivity contribution in [2.75, 3.05) is 5.32 Å². The van der Waals surface area contributed by atoms with Crippen molar-refractivity contribution >= 4 is 28.3 Å². The number of benzene rings is 1. The summed E-state index contributed by atoms with van der Waals surface area (Å²) in [7, 11) is 1.95. The Morgan fingerprint density at radius 3 is 2.80 bits per heavy atom. The second-order valence-electron chi connectivity index (χ2n) is 3.28. The van der Waals surface area contributed by atoms with Crippen molar-refractivity contribution in [1.29, 1.82) is 0 Å². The number of anilines is 1. The van der Waals surface area contributed by atoms with Gasteiger partial charge in [-0.05, 0) is 40.8 Å². The van der Waals surface area contributed by atoms with Crippen LogP contribution < -0.4 is 5.32 Å². The van der Waals surface area contributed by atoms with Crippen molar-refractivity contribution in [1.82, 2.24) is 9.78 Å². The van der Waals surface area contributed by atoms with Crippen molar-refractivity contribution in [3.8, 4) is 0 Å². The summed E-state index contributed by atoms with van der Waals surface area (Å²) in [5, 5.41) is 7.51. The van der Waals surface area contributed by atoms with Gasteiger partial charge in [0.2, 0.25) is 0 Å². The van der Waals surface area contributed by atoms with Gasteiger partial charge in [-0.1, -0.05) is 12.1 Å². The van der Waals surface area contributed by atoms with E-state index in [-0.39, 0.29) is 0 Å². The fourth-order valence-electron chi connectivity index (χ4n) is 1.37. The molecular weight excluding hydrogens is 301 g/mol. The number of aromatic nitrogens is 2. The first kappa shape index (κ1) is 10.5. The Balaban J connectivity index is 2.06. The maximum absolute atomic E-state index is 4.13.